The molecule has 26 heavy (non-hydrogen) atoms. The highest BCUT2D eigenvalue weighted by Gasteiger charge is 2.35. The SMILES string of the molecule is Cc1ccc(-c2cc(C(F)(F)F)nn2-c2ccc(S([NH-])(=O)=O)cc2)cc1. The van der Waals surface area contributed by atoms with E-state index in [9.17, 15) is 21.6 Å². The van der Waals surface area contributed by atoms with Gasteiger partial charge in [-0.25, -0.2) is 13.1 Å². The highest BCUT2D eigenvalue weighted by Crippen LogP contribution is 2.33. The molecular formula is C17H13F3N3O2S-. The summed E-state index contributed by atoms with van der Waals surface area (Å²) in [5, 5.41) is 10.7. The molecule has 136 valence electrons. The molecule has 5 nitrogen and oxygen atoms in total. The van der Waals surface area contributed by atoms with Gasteiger partial charge in [0.05, 0.1) is 21.4 Å². The molecule has 0 saturated heterocycles. The minimum Gasteiger partial charge on any atom is -0.560 e. The van der Waals surface area contributed by atoms with Gasteiger partial charge in [-0.1, -0.05) is 29.8 Å². The van der Waals surface area contributed by atoms with E-state index in [0.717, 1.165) is 28.4 Å². The number of alkyl halides is 3. The molecular weight excluding hydrogens is 367 g/mol. The maximum absolute atomic E-state index is 13.1. The Balaban J connectivity index is 2.16. The number of rotatable bonds is 3. The molecule has 3 aromatic rings. The summed E-state index contributed by atoms with van der Waals surface area (Å²) < 4.78 is 62.9. The highest BCUT2D eigenvalue weighted by molar-refractivity contribution is 7.93. The smallest absolute Gasteiger partial charge is 0.435 e. The first kappa shape index (κ1) is 18.2. The number of nitrogens with zero attached hydrogens (tertiary/aromatic N) is 2. The fourth-order valence-electron chi connectivity index (χ4n) is 2.41. The highest BCUT2D eigenvalue weighted by atomic mass is 32.2. The second-order valence-corrected chi connectivity index (χ2v) is 7.17. The summed E-state index contributed by atoms with van der Waals surface area (Å²) in [7, 11) is -4.15. The Hall–Kier alpha value is -2.65. The summed E-state index contributed by atoms with van der Waals surface area (Å²) in [6.07, 6.45) is -4.62. The van der Waals surface area contributed by atoms with E-state index in [-0.39, 0.29) is 16.3 Å². The average Bonchev–Trinajstić information content (AvgIpc) is 3.00. The monoisotopic (exact) mass is 380 g/mol. The molecule has 1 N–H and O–H groups in total. The van der Waals surface area contributed by atoms with Crippen LogP contribution in [0.1, 0.15) is 11.3 Å². The summed E-state index contributed by atoms with van der Waals surface area (Å²) in [6.45, 7) is 1.86. The van der Waals surface area contributed by atoms with E-state index in [1.54, 1.807) is 24.3 Å². The predicted octanol–water partition coefficient (Wildman–Crippen LogP) is 4.61. The Labute approximate surface area is 147 Å². The molecule has 0 fully saturated rings. The van der Waals surface area contributed by atoms with Gasteiger partial charge < -0.3 is 5.14 Å². The van der Waals surface area contributed by atoms with Crippen LogP contribution >= 0.6 is 0 Å². The van der Waals surface area contributed by atoms with Crippen molar-refractivity contribution in [2.75, 3.05) is 0 Å². The van der Waals surface area contributed by atoms with Crippen LogP contribution in [-0.2, 0) is 16.2 Å². The van der Waals surface area contributed by atoms with E-state index < -0.39 is 21.9 Å². The summed E-state index contributed by atoms with van der Waals surface area (Å²) in [5.41, 5.74) is 0.921. The van der Waals surface area contributed by atoms with E-state index >= 15 is 0 Å². The van der Waals surface area contributed by atoms with Crippen LogP contribution in [0.15, 0.2) is 59.5 Å². The van der Waals surface area contributed by atoms with Gasteiger partial charge in [0.15, 0.2) is 5.69 Å². The molecule has 0 aliphatic heterocycles. The normalized spacial score (nSPS) is 12.3. The van der Waals surface area contributed by atoms with Gasteiger partial charge in [-0.15, -0.1) is 0 Å². The third-order valence-electron chi connectivity index (χ3n) is 3.74. The van der Waals surface area contributed by atoms with Crippen LogP contribution in [0.3, 0.4) is 0 Å². The van der Waals surface area contributed by atoms with Crippen LogP contribution < -0.4 is 0 Å². The van der Waals surface area contributed by atoms with Crippen molar-refractivity contribution < 1.29 is 21.6 Å². The van der Waals surface area contributed by atoms with Crippen LogP contribution in [-0.4, -0.2) is 18.2 Å². The van der Waals surface area contributed by atoms with Gasteiger partial charge in [0.25, 0.3) is 0 Å². The van der Waals surface area contributed by atoms with E-state index in [0.29, 0.717) is 5.56 Å². The standard InChI is InChI=1S/C17H13F3N3O2S/c1-11-2-4-12(5-3-11)15-10-16(17(18,19)20)22-23(15)13-6-8-14(9-7-13)26(21,24)25/h2-10H,1H3,(H-,21,24,25)/q-1. The van der Waals surface area contributed by atoms with Crippen LogP contribution in [0, 0.1) is 6.92 Å². The first-order valence-corrected chi connectivity index (χ1v) is 8.88. The van der Waals surface area contributed by atoms with Gasteiger partial charge in [-0.05, 0) is 37.3 Å². The summed E-state index contributed by atoms with van der Waals surface area (Å²) in [5.74, 6) is 0. The molecule has 2 aromatic carbocycles. The number of halogens is 3. The number of benzene rings is 2. The van der Waals surface area contributed by atoms with Gasteiger partial charge in [0.2, 0.25) is 0 Å². The molecule has 9 heteroatoms. The Kier molecular flexibility index (Phi) is 4.37. The lowest BCUT2D eigenvalue weighted by atomic mass is 10.1. The zero-order valence-electron chi connectivity index (χ0n) is 13.4. The summed E-state index contributed by atoms with van der Waals surface area (Å²) in [4.78, 5) is -0.249. The number of sulfonamides is 1. The lowest BCUT2D eigenvalue weighted by Gasteiger charge is -2.10. The van der Waals surface area contributed by atoms with Gasteiger partial charge in [0.1, 0.15) is 0 Å². The summed E-state index contributed by atoms with van der Waals surface area (Å²) >= 11 is 0. The van der Waals surface area contributed by atoms with Crippen LogP contribution in [0.2, 0.25) is 0 Å². The molecule has 1 heterocycles. The van der Waals surface area contributed by atoms with Crippen molar-refractivity contribution >= 4 is 10.0 Å². The minimum atomic E-state index is -4.62. The van der Waals surface area contributed by atoms with Crippen LogP contribution in [0.5, 0.6) is 0 Å². The molecule has 1 aromatic heterocycles. The van der Waals surface area contributed by atoms with Gasteiger partial charge in [-0.3, -0.25) is 0 Å². The Bertz CT molecular complexity index is 1040. The second-order valence-electron chi connectivity index (χ2n) is 5.69. The average molecular weight is 380 g/mol. The number of hydrogen-bond acceptors (Lipinski definition) is 3. The molecule has 3 rings (SSSR count). The molecule has 0 atom stereocenters. The third kappa shape index (κ3) is 3.63. The number of aryl methyl sites for hydroxylation is 1. The minimum absolute atomic E-state index is 0.221. The van der Waals surface area contributed by atoms with Crippen molar-refractivity contribution in [1.82, 2.24) is 9.78 Å². The molecule has 0 saturated carbocycles. The Morgan fingerprint density at radius 3 is 2.08 bits per heavy atom. The Morgan fingerprint density at radius 1 is 1.00 bits per heavy atom. The maximum atomic E-state index is 13.1. The largest absolute Gasteiger partial charge is 0.560 e. The molecule has 0 spiro atoms. The number of nitrogens with one attached hydrogen (secondary N) is 1. The van der Waals surface area contributed by atoms with Crippen LogP contribution in [0.4, 0.5) is 13.2 Å². The first-order valence-electron chi connectivity index (χ1n) is 7.40. The van der Waals surface area contributed by atoms with Crippen molar-refractivity contribution in [3.8, 4) is 16.9 Å². The molecule has 0 unspecified atom stereocenters. The van der Waals surface area contributed by atoms with Gasteiger partial charge >= 0.3 is 6.18 Å². The van der Waals surface area contributed by atoms with Crippen molar-refractivity contribution in [1.29, 1.82) is 0 Å². The second kappa shape index (κ2) is 6.26. The topological polar surface area (TPSA) is 75.8 Å². The van der Waals surface area contributed by atoms with E-state index in [2.05, 4.69) is 5.10 Å². The Morgan fingerprint density at radius 2 is 1.58 bits per heavy atom. The lowest BCUT2D eigenvalue weighted by Crippen LogP contribution is -2.07. The predicted molar refractivity (Wildman–Crippen MR) is 90.2 cm³/mol. The lowest BCUT2D eigenvalue weighted by molar-refractivity contribution is -0.141. The molecule has 0 radical (unpaired) electrons. The van der Waals surface area contributed by atoms with Crippen molar-refractivity contribution in [2.45, 2.75) is 18.0 Å². The maximum Gasteiger partial charge on any atom is 0.435 e. The number of hydrogen-bond donors (Lipinski definition) is 0. The third-order valence-corrected chi connectivity index (χ3v) is 4.63. The van der Waals surface area contributed by atoms with Gasteiger partial charge in [0, 0.05) is 10.5 Å². The fourth-order valence-corrected chi connectivity index (χ4v) is 2.91. The first-order chi connectivity index (χ1) is 12.1. The van der Waals surface area contributed by atoms with Crippen molar-refractivity contribution in [2.24, 2.45) is 0 Å². The quantitative estimate of drug-likeness (QED) is 0.666. The van der Waals surface area contributed by atoms with E-state index in [1.165, 1.54) is 12.1 Å². The van der Waals surface area contributed by atoms with E-state index in [4.69, 9.17) is 5.14 Å². The summed E-state index contributed by atoms with van der Waals surface area (Å²) in [6, 6.07) is 12.8. The van der Waals surface area contributed by atoms with E-state index in [1.807, 2.05) is 6.92 Å². The molecule has 0 bridgehead atoms. The van der Waals surface area contributed by atoms with Gasteiger partial charge in [-0.2, -0.15) is 18.3 Å². The zero-order valence-corrected chi connectivity index (χ0v) is 14.3. The fraction of sp³-hybridized carbons (Fsp3) is 0.118. The molecule has 0 aliphatic carbocycles. The van der Waals surface area contributed by atoms with Crippen LogP contribution in [0.25, 0.3) is 22.1 Å². The zero-order chi connectivity index (χ0) is 19.1. The molecule has 0 aliphatic rings. The molecule has 0 amide bonds. The van der Waals surface area contributed by atoms with Crippen molar-refractivity contribution in [3.63, 3.8) is 0 Å². The van der Waals surface area contributed by atoms with Crippen molar-refractivity contribution in [3.05, 3.63) is 71.0 Å². The number of aromatic nitrogens is 2.